The molecule has 2 heteroatoms. The summed E-state index contributed by atoms with van der Waals surface area (Å²) in [5.41, 5.74) is 1.05. The fourth-order valence-corrected chi connectivity index (χ4v) is 0.943. The van der Waals surface area contributed by atoms with Gasteiger partial charge in [0, 0.05) is 5.71 Å². The number of halogens is 1. The van der Waals surface area contributed by atoms with Gasteiger partial charge in [-0.05, 0) is 34.1 Å². The number of alkyl halides is 1. The van der Waals surface area contributed by atoms with E-state index >= 15 is 0 Å². The largest absolute Gasteiger partial charge is 0.287 e. The molecule has 1 atom stereocenters. The summed E-state index contributed by atoms with van der Waals surface area (Å²) < 4.78 is 0. The molecule has 0 aromatic heterocycles. The highest BCUT2D eigenvalue weighted by atomic mass is 35.5. The van der Waals surface area contributed by atoms with E-state index in [4.69, 9.17) is 11.6 Å². The van der Waals surface area contributed by atoms with Crippen molar-refractivity contribution in [2.75, 3.05) is 0 Å². The van der Waals surface area contributed by atoms with Crippen LogP contribution in [-0.4, -0.2) is 16.6 Å². The van der Waals surface area contributed by atoms with Crippen LogP contribution in [0.3, 0.4) is 0 Å². The molecule has 0 aliphatic rings. The molecule has 0 amide bonds. The van der Waals surface area contributed by atoms with Gasteiger partial charge in [0.05, 0.1) is 10.9 Å². The van der Waals surface area contributed by atoms with Gasteiger partial charge in [0.2, 0.25) is 0 Å². The van der Waals surface area contributed by atoms with Crippen molar-refractivity contribution in [3.63, 3.8) is 0 Å². The minimum atomic E-state index is 0.00634. The van der Waals surface area contributed by atoms with Crippen molar-refractivity contribution in [2.45, 2.75) is 52.0 Å². The van der Waals surface area contributed by atoms with Crippen LogP contribution in [0, 0.1) is 0 Å². The van der Waals surface area contributed by atoms with Crippen molar-refractivity contribution in [3.05, 3.63) is 0 Å². The van der Waals surface area contributed by atoms with Crippen molar-refractivity contribution < 1.29 is 0 Å². The van der Waals surface area contributed by atoms with Crippen molar-refractivity contribution in [1.29, 1.82) is 0 Å². The Balaban J connectivity index is 4.22. The highest BCUT2D eigenvalue weighted by Crippen LogP contribution is 2.11. The zero-order chi connectivity index (χ0) is 9.07. The van der Waals surface area contributed by atoms with E-state index in [0.717, 1.165) is 12.1 Å². The first-order valence-corrected chi connectivity index (χ1v) is 4.51. The Labute approximate surface area is 74.9 Å². The Hall–Kier alpha value is -0.0400. The Kier molecular flexibility index (Phi) is 4.09. The van der Waals surface area contributed by atoms with Crippen LogP contribution in [0.4, 0.5) is 0 Å². The predicted octanol–water partition coefficient (Wildman–Crippen LogP) is 3.26. The fourth-order valence-electron chi connectivity index (χ4n) is 0.895. The van der Waals surface area contributed by atoms with Crippen LogP contribution < -0.4 is 0 Å². The molecule has 0 radical (unpaired) electrons. The molecule has 0 aliphatic carbocycles. The lowest BCUT2D eigenvalue weighted by Gasteiger charge is -2.15. The molecule has 0 aromatic rings. The molecule has 0 N–H and O–H groups in total. The molecular formula is C9H18ClN. The minimum absolute atomic E-state index is 0.00634. The van der Waals surface area contributed by atoms with Crippen LogP contribution >= 0.6 is 11.6 Å². The van der Waals surface area contributed by atoms with Gasteiger partial charge in [-0.3, -0.25) is 4.99 Å². The first kappa shape index (κ1) is 11.0. The summed E-state index contributed by atoms with van der Waals surface area (Å²) in [4.78, 5) is 4.46. The third-order valence-corrected chi connectivity index (χ3v) is 1.95. The topological polar surface area (TPSA) is 12.4 Å². The number of hydrogen-bond donors (Lipinski definition) is 0. The highest BCUT2D eigenvalue weighted by Gasteiger charge is 2.11. The molecule has 0 saturated carbocycles. The zero-order valence-corrected chi connectivity index (χ0v) is 8.87. The van der Waals surface area contributed by atoms with E-state index in [9.17, 15) is 0 Å². The van der Waals surface area contributed by atoms with Gasteiger partial charge in [-0.15, -0.1) is 11.6 Å². The molecule has 0 saturated heterocycles. The summed E-state index contributed by atoms with van der Waals surface area (Å²) >= 11 is 5.99. The maximum atomic E-state index is 5.99. The van der Waals surface area contributed by atoms with E-state index < -0.39 is 0 Å². The van der Waals surface area contributed by atoms with Crippen LogP contribution in [0.2, 0.25) is 0 Å². The van der Waals surface area contributed by atoms with Gasteiger partial charge in [0.15, 0.2) is 0 Å². The van der Waals surface area contributed by atoms with Gasteiger partial charge in [0.25, 0.3) is 0 Å². The van der Waals surface area contributed by atoms with E-state index in [1.54, 1.807) is 0 Å². The lowest BCUT2D eigenvalue weighted by Crippen LogP contribution is -2.18. The van der Waals surface area contributed by atoms with E-state index in [1.165, 1.54) is 0 Å². The minimum Gasteiger partial charge on any atom is -0.287 e. The molecule has 0 fully saturated rings. The van der Waals surface area contributed by atoms with Gasteiger partial charge in [-0.1, -0.05) is 6.92 Å². The Morgan fingerprint density at radius 3 is 2.18 bits per heavy atom. The smallest absolute Gasteiger partial charge is 0.0708 e. The fraction of sp³-hybridized carbons (Fsp3) is 0.889. The second kappa shape index (κ2) is 4.10. The molecule has 0 spiro atoms. The van der Waals surface area contributed by atoms with Crippen LogP contribution in [0.1, 0.15) is 41.0 Å². The molecule has 0 bridgehead atoms. The van der Waals surface area contributed by atoms with Crippen molar-refractivity contribution in [1.82, 2.24) is 0 Å². The van der Waals surface area contributed by atoms with E-state index in [-0.39, 0.29) is 10.9 Å². The molecule has 1 nitrogen and oxygen atoms in total. The summed E-state index contributed by atoms with van der Waals surface area (Å²) in [6.07, 6.45) is 0.951. The number of rotatable bonds is 2. The SMILES string of the molecule is CCC(Cl)C(C)=NC(C)(C)C. The third-order valence-electron chi connectivity index (χ3n) is 1.32. The van der Waals surface area contributed by atoms with Crippen LogP contribution in [0.25, 0.3) is 0 Å². The second-order valence-electron chi connectivity index (χ2n) is 3.80. The molecule has 0 aliphatic heterocycles. The normalized spacial score (nSPS) is 16.7. The van der Waals surface area contributed by atoms with Gasteiger partial charge in [-0.25, -0.2) is 0 Å². The summed E-state index contributed by atoms with van der Waals surface area (Å²) in [6, 6.07) is 0. The van der Waals surface area contributed by atoms with Crippen molar-refractivity contribution >= 4 is 17.3 Å². The summed E-state index contributed by atoms with van der Waals surface area (Å²) in [5, 5.41) is 0.106. The number of nitrogens with zero attached hydrogens (tertiary/aromatic N) is 1. The average molecular weight is 176 g/mol. The summed E-state index contributed by atoms with van der Waals surface area (Å²) in [7, 11) is 0. The number of aliphatic imine (C=N–C) groups is 1. The quantitative estimate of drug-likeness (QED) is 0.451. The van der Waals surface area contributed by atoms with Gasteiger partial charge >= 0.3 is 0 Å². The van der Waals surface area contributed by atoms with Crippen LogP contribution in [-0.2, 0) is 0 Å². The first-order chi connectivity index (χ1) is 4.87. The molecule has 1 unspecified atom stereocenters. The van der Waals surface area contributed by atoms with Crippen LogP contribution in [0.15, 0.2) is 4.99 Å². The predicted molar refractivity (Wildman–Crippen MR) is 52.8 cm³/mol. The van der Waals surface area contributed by atoms with E-state index in [2.05, 4.69) is 32.7 Å². The molecular weight excluding hydrogens is 158 g/mol. The first-order valence-electron chi connectivity index (χ1n) is 4.07. The molecule has 66 valence electrons. The lowest BCUT2D eigenvalue weighted by molar-refractivity contribution is 0.581. The number of hydrogen-bond acceptors (Lipinski definition) is 1. The summed E-state index contributed by atoms with van der Waals surface area (Å²) in [6.45, 7) is 10.3. The van der Waals surface area contributed by atoms with Gasteiger partial charge in [-0.2, -0.15) is 0 Å². The monoisotopic (exact) mass is 175 g/mol. The Bertz CT molecular complexity index is 144. The van der Waals surface area contributed by atoms with E-state index in [1.807, 2.05) is 6.92 Å². The van der Waals surface area contributed by atoms with Gasteiger partial charge < -0.3 is 0 Å². The molecule has 0 heterocycles. The third kappa shape index (κ3) is 5.25. The molecule has 0 aromatic carbocycles. The lowest BCUT2D eigenvalue weighted by atomic mass is 10.1. The summed E-state index contributed by atoms with van der Waals surface area (Å²) in [5.74, 6) is 0. The second-order valence-corrected chi connectivity index (χ2v) is 4.33. The van der Waals surface area contributed by atoms with Gasteiger partial charge in [0.1, 0.15) is 0 Å². The standard InChI is InChI=1S/C9H18ClN/c1-6-8(10)7(2)11-9(3,4)5/h8H,6H2,1-5H3. The Morgan fingerprint density at radius 1 is 1.45 bits per heavy atom. The highest BCUT2D eigenvalue weighted by molar-refractivity contribution is 6.31. The van der Waals surface area contributed by atoms with Crippen molar-refractivity contribution in [3.8, 4) is 0 Å². The maximum Gasteiger partial charge on any atom is 0.0708 e. The zero-order valence-electron chi connectivity index (χ0n) is 8.11. The maximum absolute atomic E-state index is 5.99. The Morgan fingerprint density at radius 2 is 1.91 bits per heavy atom. The van der Waals surface area contributed by atoms with E-state index in [0.29, 0.717) is 0 Å². The van der Waals surface area contributed by atoms with Crippen molar-refractivity contribution in [2.24, 2.45) is 4.99 Å². The average Bonchev–Trinajstić information content (AvgIpc) is 1.82. The van der Waals surface area contributed by atoms with Crippen LogP contribution in [0.5, 0.6) is 0 Å². The molecule has 11 heavy (non-hydrogen) atoms. The molecule has 0 rings (SSSR count).